The van der Waals surface area contributed by atoms with Crippen LogP contribution in [0.3, 0.4) is 0 Å². The summed E-state index contributed by atoms with van der Waals surface area (Å²) in [6.07, 6.45) is 18.8. The summed E-state index contributed by atoms with van der Waals surface area (Å²) in [5.74, 6) is -0.172. The maximum Gasteiger partial charge on any atom is 0.329 e. The summed E-state index contributed by atoms with van der Waals surface area (Å²) in [4.78, 5) is 11.8. The van der Waals surface area contributed by atoms with Crippen LogP contribution in [0.15, 0.2) is 11.8 Å². The van der Waals surface area contributed by atoms with E-state index in [0.717, 1.165) is 6.42 Å². The Bertz CT molecular complexity index is 344. The second kappa shape index (κ2) is 15.7. The second-order valence-corrected chi connectivity index (χ2v) is 13.6. The molecule has 0 unspecified atom stereocenters. The van der Waals surface area contributed by atoms with E-state index in [1.165, 1.54) is 83.5 Å². The number of carbonyl (C=O) groups is 1. The summed E-state index contributed by atoms with van der Waals surface area (Å²) in [6, 6.07) is 0. The van der Waals surface area contributed by atoms with Gasteiger partial charge in [0.25, 0.3) is 0 Å². The molecule has 0 atom stereocenters. The number of rotatable bonds is 17. The number of hydrogen-bond acceptors (Lipinski definition) is 2. The van der Waals surface area contributed by atoms with Gasteiger partial charge in [-0.3, -0.25) is 0 Å². The van der Waals surface area contributed by atoms with E-state index in [1.54, 1.807) is 0 Å². The monoisotopic (exact) mass is 368 g/mol. The van der Waals surface area contributed by atoms with Gasteiger partial charge < -0.3 is 4.74 Å². The Balaban J connectivity index is 3.27. The average molecular weight is 369 g/mol. The number of esters is 1. The van der Waals surface area contributed by atoms with Gasteiger partial charge in [0.05, 0.1) is 14.7 Å². The molecule has 25 heavy (non-hydrogen) atoms. The van der Waals surface area contributed by atoms with Crippen LogP contribution in [0.1, 0.15) is 96.8 Å². The quantitative estimate of drug-likeness (QED) is 0.115. The molecule has 0 spiro atoms. The first-order chi connectivity index (χ1) is 11.9. The van der Waals surface area contributed by atoms with Gasteiger partial charge in [-0.25, -0.2) is 4.79 Å². The minimum Gasteiger partial charge on any atom is -0.463 e. The number of unbranched alkanes of at least 4 members (excludes halogenated alkanes) is 13. The predicted octanol–water partition coefficient (Wildman–Crippen LogP) is 7.44. The lowest BCUT2D eigenvalue weighted by Crippen LogP contribution is -2.30. The number of ether oxygens (including phenoxy) is 1. The fraction of sp³-hybridized carbons (Fsp3) is 0.864. The van der Waals surface area contributed by atoms with Crippen LogP contribution in [0.25, 0.3) is 0 Å². The van der Waals surface area contributed by atoms with E-state index < -0.39 is 8.07 Å². The highest BCUT2D eigenvalue weighted by Gasteiger charge is 2.24. The summed E-state index contributed by atoms with van der Waals surface area (Å²) < 4.78 is 5.33. The molecular formula is C22H44O2Si. The van der Waals surface area contributed by atoms with E-state index in [9.17, 15) is 4.79 Å². The van der Waals surface area contributed by atoms with Crippen LogP contribution in [-0.2, 0) is 9.53 Å². The molecule has 0 amide bonds. The van der Waals surface area contributed by atoms with Crippen LogP contribution < -0.4 is 0 Å². The van der Waals surface area contributed by atoms with Crippen molar-refractivity contribution in [3.8, 4) is 0 Å². The molecule has 0 saturated carbocycles. The molecule has 0 saturated heterocycles. The lowest BCUT2D eigenvalue weighted by molar-refractivity contribution is -0.138. The van der Waals surface area contributed by atoms with Crippen molar-refractivity contribution in [2.45, 2.75) is 116 Å². The van der Waals surface area contributed by atoms with Crippen LogP contribution >= 0.6 is 0 Å². The number of carbonyl (C=O) groups excluding carboxylic acids is 1. The first kappa shape index (κ1) is 24.4. The lowest BCUT2D eigenvalue weighted by Gasteiger charge is -2.17. The first-order valence-corrected chi connectivity index (χ1v) is 14.3. The zero-order chi connectivity index (χ0) is 19.0. The molecule has 0 bridgehead atoms. The normalized spacial score (nSPS) is 11.5. The van der Waals surface area contributed by atoms with Crippen LogP contribution in [0.2, 0.25) is 19.6 Å². The van der Waals surface area contributed by atoms with Gasteiger partial charge in [-0.05, 0) is 6.42 Å². The van der Waals surface area contributed by atoms with Gasteiger partial charge in [-0.2, -0.15) is 0 Å². The van der Waals surface area contributed by atoms with Crippen molar-refractivity contribution in [2.24, 2.45) is 0 Å². The molecule has 0 rings (SSSR count). The van der Waals surface area contributed by atoms with Crippen molar-refractivity contribution >= 4 is 14.0 Å². The predicted molar refractivity (Wildman–Crippen MR) is 114 cm³/mol. The second-order valence-electron chi connectivity index (χ2n) is 8.46. The molecule has 2 nitrogen and oxygen atoms in total. The Kier molecular flexibility index (Phi) is 15.3. The molecule has 0 N–H and O–H groups in total. The Morgan fingerprint density at radius 3 is 1.44 bits per heavy atom. The summed E-state index contributed by atoms with van der Waals surface area (Å²) >= 11 is 0. The Labute approximate surface area is 158 Å². The standard InChI is InChI=1S/C22H44O2Si/c1-6-7-8-9-10-11-12-13-14-15-16-17-18-19-20-24-22(23)21(2)25(3,4)5/h2,6-20H2,1,3-5H3. The minimum absolute atomic E-state index is 0.172. The van der Waals surface area contributed by atoms with Gasteiger partial charge in [-0.1, -0.05) is 117 Å². The molecule has 148 valence electrons. The largest absolute Gasteiger partial charge is 0.463 e. The molecule has 0 radical (unpaired) electrons. The summed E-state index contributed by atoms with van der Waals surface area (Å²) in [6.45, 7) is 13.1. The average Bonchev–Trinajstić information content (AvgIpc) is 2.56. The third-order valence-corrected chi connectivity index (χ3v) is 6.90. The third kappa shape index (κ3) is 15.4. The van der Waals surface area contributed by atoms with Gasteiger partial charge in [0.2, 0.25) is 0 Å². The van der Waals surface area contributed by atoms with E-state index in [1.807, 2.05) is 0 Å². The third-order valence-electron chi connectivity index (χ3n) is 4.88. The molecule has 0 fully saturated rings. The topological polar surface area (TPSA) is 26.3 Å². The molecule has 0 aromatic heterocycles. The highest BCUT2D eigenvalue weighted by Crippen LogP contribution is 2.15. The van der Waals surface area contributed by atoms with Crippen molar-refractivity contribution in [1.82, 2.24) is 0 Å². The van der Waals surface area contributed by atoms with Crippen molar-refractivity contribution in [3.05, 3.63) is 11.8 Å². The van der Waals surface area contributed by atoms with Crippen molar-refractivity contribution < 1.29 is 9.53 Å². The molecule has 0 aromatic carbocycles. The fourth-order valence-electron chi connectivity index (χ4n) is 2.85. The smallest absolute Gasteiger partial charge is 0.329 e. The highest BCUT2D eigenvalue weighted by molar-refractivity contribution is 6.86. The Morgan fingerprint density at radius 1 is 0.720 bits per heavy atom. The minimum atomic E-state index is -1.60. The van der Waals surface area contributed by atoms with Crippen LogP contribution in [0.4, 0.5) is 0 Å². The van der Waals surface area contributed by atoms with Crippen molar-refractivity contribution in [3.63, 3.8) is 0 Å². The zero-order valence-corrected chi connectivity index (χ0v) is 18.6. The lowest BCUT2D eigenvalue weighted by atomic mass is 10.0. The molecular weight excluding hydrogens is 324 g/mol. The van der Waals surface area contributed by atoms with E-state index in [4.69, 9.17) is 4.74 Å². The van der Waals surface area contributed by atoms with Crippen LogP contribution in [0, 0.1) is 0 Å². The van der Waals surface area contributed by atoms with Gasteiger partial charge >= 0.3 is 5.97 Å². The Morgan fingerprint density at radius 2 is 1.08 bits per heavy atom. The van der Waals surface area contributed by atoms with Gasteiger partial charge in [-0.15, -0.1) is 0 Å². The van der Waals surface area contributed by atoms with E-state index >= 15 is 0 Å². The molecule has 0 aliphatic heterocycles. The summed E-state index contributed by atoms with van der Waals surface area (Å²) in [5, 5.41) is 0.706. The maximum atomic E-state index is 11.8. The van der Waals surface area contributed by atoms with E-state index in [0.29, 0.717) is 11.8 Å². The maximum absolute atomic E-state index is 11.8. The van der Waals surface area contributed by atoms with Crippen molar-refractivity contribution in [2.75, 3.05) is 6.61 Å². The zero-order valence-electron chi connectivity index (χ0n) is 17.6. The summed E-state index contributed by atoms with van der Waals surface area (Å²) in [5.41, 5.74) is 0. The molecule has 0 aliphatic rings. The Hall–Kier alpha value is -0.573. The fourth-order valence-corrected chi connectivity index (χ4v) is 3.54. The molecule has 0 aliphatic carbocycles. The van der Waals surface area contributed by atoms with E-state index in [2.05, 4.69) is 33.1 Å². The summed E-state index contributed by atoms with van der Waals surface area (Å²) in [7, 11) is -1.60. The molecule has 0 aromatic rings. The molecule has 0 heterocycles. The molecule has 3 heteroatoms. The van der Waals surface area contributed by atoms with Gasteiger partial charge in [0, 0.05) is 5.20 Å². The van der Waals surface area contributed by atoms with Gasteiger partial charge in [0.15, 0.2) is 0 Å². The van der Waals surface area contributed by atoms with Gasteiger partial charge in [0.1, 0.15) is 0 Å². The van der Waals surface area contributed by atoms with Crippen LogP contribution in [0.5, 0.6) is 0 Å². The first-order valence-electron chi connectivity index (χ1n) is 10.8. The SMILES string of the molecule is C=C(C(=O)OCCCCCCCCCCCCCCCC)[Si](C)(C)C. The number of hydrogen-bond donors (Lipinski definition) is 0. The van der Waals surface area contributed by atoms with E-state index in [-0.39, 0.29) is 5.97 Å². The highest BCUT2D eigenvalue weighted by atomic mass is 28.3. The van der Waals surface area contributed by atoms with Crippen molar-refractivity contribution in [1.29, 1.82) is 0 Å². The van der Waals surface area contributed by atoms with Crippen LogP contribution in [-0.4, -0.2) is 20.7 Å².